The first-order valence-corrected chi connectivity index (χ1v) is 4.59. The lowest BCUT2D eigenvalue weighted by atomic mass is 10.1. The summed E-state index contributed by atoms with van der Waals surface area (Å²) in [5, 5.41) is 0.862. The van der Waals surface area contributed by atoms with E-state index in [1.165, 1.54) is 11.1 Å². The van der Waals surface area contributed by atoms with Crippen molar-refractivity contribution >= 4 is 15.6 Å². The van der Waals surface area contributed by atoms with Crippen LogP contribution in [0, 0.1) is 0 Å². The van der Waals surface area contributed by atoms with E-state index in [9.17, 15) is 0 Å². The molecule has 61 valence electrons. The zero-order valence-corrected chi connectivity index (χ0v) is 8.07. The van der Waals surface area contributed by atoms with Gasteiger partial charge in [-0.25, -0.2) is 0 Å². The molecule has 0 aliphatic carbocycles. The van der Waals surface area contributed by atoms with Gasteiger partial charge in [-0.15, -0.1) is 0 Å². The molecule has 0 amide bonds. The average molecular weight is 182 g/mol. The molecule has 13 heavy (non-hydrogen) atoms. The van der Waals surface area contributed by atoms with Gasteiger partial charge in [0.1, 0.15) is 0 Å². The number of nitrogens with zero attached hydrogens (tertiary/aromatic N) is 1. The first-order chi connectivity index (χ1) is 6.36. The number of benzene rings is 1. The third kappa shape index (κ3) is 1.84. The summed E-state index contributed by atoms with van der Waals surface area (Å²) in [6.45, 7) is 0. The molecule has 0 aliphatic heterocycles. The number of aromatic nitrogens is 1. The fourth-order valence-corrected chi connectivity index (χ4v) is 1.47. The van der Waals surface area contributed by atoms with Crippen molar-refractivity contribution in [1.82, 2.24) is 4.98 Å². The number of pyridine rings is 1. The summed E-state index contributed by atoms with van der Waals surface area (Å²) < 4.78 is 0. The topological polar surface area (TPSA) is 12.9 Å². The average Bonchev–Trinajstić information content (AvgIpc) is 2.19. The molecule has 2 rings (SSSR count). The second-order valence-corrected chi connectivity index (χ2v) is 3.31. The normalized spacial score (nSPS) is 9.92. The quantitative estimate of drug-likeness (QED) is 0.610. The second-order valence-electron chi connectivity index (χ2n) is 2.80. The van der Waals surface area contributed by atoms with E-state index in [4.69, 9.17) is 0 Å². The molecule has 0 N–H and O–H groups in total. The monoisotopic (exact) mass is 182 g/mol. The molecule has 3 radical (unpaired) electrons. The van der Waals surface area contributed by atoms with E-state index in [2.05, 4.69) is 27.4 Å². The van der Waals surface area contributed by atoms with Gasteiger partial charge < -0.3 is 0 Å². The minimum absolute atomic E-state index is 0.862. The predicted molar refractivity (Wildman–Crippen MR) is 55.1 cm³/mol. The van der Waals surface area contributed by atoms with Gasteiger partial charge in [-0.1, -0.05) is 30.3 Å². The van der Waals surface area contributed by atoms with Gasteiger partial charge >= 0.3 is 0 Å². The van der Waals surface area contributed by atoms with Gasteiger partial charge in [-0.2, -0.15) is 0 Å². The van der Waals surface area contributed by atoms with Crippen molar-refractivity contribution in [2.24, 2.45) is 0 Å². The molecule has 0 aliphatic rings. The molecule has 1 aromatic carbocycles. The maximum atomic E-state index is 4.08. The summed E-state index contributed by atoms with van der Waals surface area (Å²) in [4.78, 5) is 4.08. The Morgan fingerprint density at radius 2 is 1.69 bits per heavy atom. The van der Waals surface area contributed by atoms with E-state index in [0.29, 0.717) is 0 Å². The van der Waals surface area contributed by atoms with Crippen molar-refractivity contribution in [2.75, 3.05) is 0 Å². The van der Waals surface area contributed by atoms with E-state index < -0.39 is 0 Å². The van der Waals surface area contributed by atoms with Crippen LogP contribution < -0.4 is 5.32 Å². The van der Waals surface area contributed by atoms with Crippen LogP contribution in [-0.4, -0.2) is 15.2 Å². The van der Waals surface area contributed by atoms with Crippen LogP contribution >= 0.6 is 0 Å². The third-order valence-corrected chi connectivity index (χ3v) is 2.14. The molecule has 0 saturated carbocycles. The largest absolute Gasteiger partial charge is 0.267 e. The highest BCUT2D eigenvalue weighted by Crippen LogP contribution is 2.15. The van der Waals surface area contributed by atoms with Gasteiger partial charge in [0, 0.05) is 11.5 Å². The summed E-state index contributed by atoms with van der Waals surface area (Å²) in [6.07, 6.45) is 1.80. The van der Waals surface area contributed by atoms with Crippen molar-refractivity contribution in [3.05, 3.63) is 48.7 Å². The van der Waals surface area contributed by atoms with E-state index in [1.54, 1.807) is 6.20 Å². The van der Waals surface area contributed by atoms with Crippen LogP contribution in [0.2, 0.25) is 0 Å². The van der Waals surface area contributed by atoms with Crippen LogP contribution in [0.3, 0.4) is 0 Å². The number of hydrogen-bond donors (Lipinski definition) is 0. The smallest absolute Gasteiger partial charge is 0.0995 e. The van der Waals surface area contributed by atoms with Crippen molar-refractivity contribution < 1.29 is 0 Å². The zero-order chi connectivity index (χ0) is 9.10. The lowest BCUT2D eigenvalue weighted by Crippen LogP contribution is -2.06. The second kappa shape index (κ2) is 3.54. The Morgan fingerprint density at radius 3 is 2.38 bits per heavy atom. The lowest BCUT2D eigenvalue weighted by Gasteiger charge is -2.00. The maximum absolute atomic E-state index is 4.08. The molecule has 0 unspecified atom stereocenters. The Labute approximate surface area is 80.9 Å². The highest BCUT2D eigenvalue weighted by atomic mass is 28.1. The Bertz CT molecular complexity index is 398. The Morgan fingerprint density at radius 1 is 0.923 bits per heavy atom. The molecular formula is C11H8NSi. The summed E-state index contributed by atoms with van der Waals surface area (Å²) in [5.74, 6) is 0. The van der Waals surface area contributed by atoms with Crippen molar-refractivity contribution in [2.45, 2.75) is 0 Å². The highest BCUT2D eigenvalue weighted by molar-refractivity contribution is 6.30. The van der Waals surface area contributed by atoms with Crippen molar-refractivity contribution in [3.63, 3.8) is 0 Å². The first-order valence-electron chi connectivity index (χ1n) is 4.09. The highest BCUT2D eigenvalue weighted by Gasteiger charge is 1.95. The van der Waals surface area contributed by atoms with Crippen molar-refractivity contribution in [1.29, 1.82) is 0 Å². The Kier molecular flexibility index (Phi) is 2.23. The molecule has 0 spiro atoms. The van der Waals surface area contributed by atoms with Crippen LogP contribution in [-0.2, 0) is 0 Å². The Hall–Kier alpha value is -1.41. The van der Waals surface area contributed by atoms with Gasteiger partial charge in [0.2, 0.25) is 0 Å². The summed E-state index contributed by atoms with van der Waals surface area (Å²) in [6, 6.07) is 14.2. The SMILES string of the molecule is [Si]c1cc(-c2ccccc2)ccn1. The molecule has 0 atom stereocenters. The van der Waals surface area contributed by atoms with Crippen LogP contribution in [0.5, 0.6) is 0 Å². The van der Waals surface area contributed by atoms with Crippen molar-refractivity contribution in [3.8, 4) is 11.1 Å². The van der Waals surface area contributed by atoms with E-state index in [-0.39, 0.29) is 0 Å². The molecule has 0 fully saturated rings. The predicted octanol–water partition coefficient (Wildman–Crippen LogP) is 1.54. The minimum atomic E-state index is 0.862. The zero-order valence-electron chi connectivity index (χ0n) is 7.07. The molecular weight excluding hydrogens is 174 g/mol. The standard InChI is InChI=1S/C11H8NSi/c13-11-8-10(6-7-12-11)9-4-2-1-3-5-9/h1-8H. The Balaban J connectivity index is 2.48. The summed E-state index contributed by atoms with van der Waals surface area (Å²) >= 11 is 0. The molecule has 0 bridgehead atoms. The molecule has 1 nitrogen and oxygen atoms in total. The fourth-order valence-electron chi connectivity index (χ4n) is 1.24. The summed E-state index contributed by atoms with van der Waals surface area (Å²) in [5.41, 5.74) is 2.39. The number of hydrogen-bond acceptors (Lipinski definition) is 1. The van der Waals surface area contributed by atoms with Gasteiger partial charge in [0.05, 0.1) is 10.2 Å². The van der Waals surface area contributed by atoms with E-state index in [1.807, 2.05) is 30.3 Å². The molecule has 2 aromatic rings. The molecule has 2 heteroatoms. The van der Waals surface area contributed by atoms with Gasteiger partial charge in [0.15, 0.2) is 0 Å². The summed E-state index contributed by atoms with van der Waals surface area (Å²) in [7, 11) is 3.40. The number of rotatable bonds is 1. The van der Waals surface area contributed by atoms with Gasteiger partial charge in [-0.3, -0.25) is 4.98 Å². The minimum Gasteiger partial charge on any atom is -0.267 e. The van der Waals surface area contributed by atoms with E-state index in [0.717, 1.165) is 5.32 Å². The lowest BCUT2D eigenvalue weighted by molar-refractivity contribution is 1.39. The molecule has 1 heterocycles. The van der Waals surface area contributed by atoms with E-state index >= 15 is 0 Å². The van der Waals surface area contributed by atoms with Crippen LogP contribution in [0.1, 0.15) is 0 Å². The van der Waals surface area contributed by atoms with Crippen LogP contribution in [0.25, 0.3) is 11.1 Å². The maximum Gasteiger partial charge on any atom is 0.0995 e. The van der Waals surface area contributed by atoms with Crippen LogP contribution in [0.4, 0.5) is 0 Å². The van der Waals surface area contributed by atoms with Crippen LogP contribution in [0.15, 0.2) is 48.7 Å². The van der Waals surface area contributed by atoms with Gasteiger partial charge in [0.25, 0.3) is 0 Å². The molecule has 1 aromatic heterocycles. The first kappa shape index (κ1) is 8.20. The van der Waals surface area contributed by atoms with Gasteiger partial charge in [-0.05, 0) is 23.3 Å². The third-order valence-electron chi connectivity index (χ3n) is 1.87. The molecule has 0 saturated heterocycles. The fraction of sp³-hybridized carbons (Fsp3) is 0.